The Labute approximate surface area is 85.6 Å². The van der Waals surface area contributed by atoms with Crippen LogP contribution in [0, 0.1) is 0 Å². The molecule has 1 aliphatic rings. The molecule has 3 rings (SSSR count). The third-order valence-corrected chi connectivity index (χ3v) is 2.35. The minimum atomic E-state index is 0.270. The predicted octanol–water partition coefficient (Wildman–Crippen LogP) is 0.119. The topological polar surface area (TPSA) is 75.2 Å². The Morgan fingerprint density at radius 1 is 1.33 bits per heavy atom. The van der Waals surface area contributed by atoms with Crippen LogP contribution in [-0.4, -0.2) is 28.3 Å². The quantitative estimate of drug-likeness (QED) is 0.755. The minimum absolute atomic E-state index is 0.270. The molecule has 15 heavy (non-hydrogen) atoms. The summed E-state index contributed by atoms with van der Waals surface area (Å²) >= 11 is 0. The molecule has 6 nitrogen and oxygen atoms in total. The van der Waals surface area contributed by atoms with Gasteiger partial charge in [-0.05, 0) is 0 Å². The highest BCUT2D eigenvalue weighted by Gasteiger charge is 2.16. The van der Waals surface area contributed by atoms with E-state index in [1.807, 2.05) is 12.1 Å². The first-order chi connectivity index (χ1) is 7.38. The highest BCUT2D eigenvalue weighted by molar-refractivity contribution is 5.79. The van der Waals surface area contributed by atoms with Crippen molar-refractivity contribution in [1.82, 2.24) is 15.0 Å². The lowest BCUT2D eigenvalue weighted by Gasteiger charge is -1.99. The number of aromatic nitrogens is 3. The molecule has 0 fully saturated rings. The lowest BCUT2D eigenvalue weighted by Crippen LogP contribution is -2.10. The summed E-state index contributed by atoms with van der Waals surface area (Å²) in [6, 6.07) is 3.71. The van der Waals surface area contributed by atoms with Crippen molar-refractivity contribution in [3.8, 4) is 11.5 Å². The van der Waals surface area contributed by atoms with E-state index in [9.17, 15) is 0 Å². The highest BCUT2D eigenvalue weighted by Crippen LogP contribution is 2.35. The maximum absolute atomic E-state index is 5.48. The molecular formula is C9H10N4O2. The van der Waals surface area contributed by atoms with Crippen LogP contribution in [0.3, 0.4) is 0 Å². The molecule has 0 atom stereocenters. The molecule has 0 radical (unpaired) electrons. The van der Waals surface area contributed by atoms with Crippen molar-refractivity contribution in [2.75, 3.05) is 13.3 Å². The fourth-order valence-corrected chi connectivity index (χ4v) is 1.65. The van der Waals surface area contributed by atoms with Gasteiger partial charge in [0.2, 0.25) is 6.79 Å². The van der Waals surface area contributed by atoms with E-state index in [-0.39, 0.29) is 6.79 Å². The van der Waals surface area contributed by atoms with Gasteiger partial charge in [0.05, 0.1) is 12.1 Å². The van der Waals surface area contributed by atoms with Gasteiger partial charge >= 0.3 is 0 Å². The number of ether oxygens (including phenoxy) is 2. The average Bonchev–Trinajstić information content (AvgIpc) is 2.82. The Hall–Kier alpha value is -1.82. The molecule has 2 N–H and O–H groups in total. The van der Waals surface area contributed by atoms with E-state index in [1.165, 1.54) is 0 Å². The molecule has 2 heterocycles. The molecule has 0 bridgehead atoms. The van der Waals surface area contributed by atoms with Crippen molar-refractivity contribution < 1.29 is 9.47 Å². The standard InChI is InChI=1S/C9H10N4O2/c10-1-2-13-7-4-9-8(14-5-15-9)3-6(7)11-12-13/h3-4H,1-2,5,10H2. The Kier molecular flexibility index (Phi) is 1.75. The maximum atomic E-state index is 5.48. The van der Waals surface area contributed by atoms with Gasteiger partial charge in [-0.1, -0.05) is 5.21 Å². The number of nitrogens with zero attached hydrogens (tertiary/aromatic N) is 3. The average molecular weight is 206 g/mol. The van der Waals surface area contributed by atoms with Gasteiger partial charge in [0.15, 0.2) is 11.5 Å². The summed E-state index contributed by atoms with van der Waals surface area (Å²) < 4.78 is 12.3. The minimum Gasteiger partial charge on any atom is -0.454 e. The van der Waals surface area contributed by atoms with Gasteiger partial charge in [-0.25, -0.2) is 4.68 Å². The molecule has 0 aliphatic carbocycles. The Morgan fingerprint density at radius 2 is 2.13 bits per heavy atom. The zero-order chi connectivity index (χ0) is 10.3. The largest absolute Gasteiger partial charge is 0.454 e. The number of benzene rings is 1. The zero-order valence-corrected chi connectivity index (χ0v) is 8.01. The monoisotopic (exact) mass is 206 g/mol. The van der Waals surface area contributed by atoms with Crippen LogP contribution >= 0.6 is 0 Å². The number of fused-ring (bicyclic) bond motifs is 2. The first kappa shape index (κ1) is 8.49. The van der Waals surface area contributed by atoms with E-state index in [0.717, 1.165) is 22.5 Å². The molecule has 0 saturated heterocycles. The van der Waals surface area contributed by atoms with E-state index in [4.69, 9.17) is 15.2 Å². The van der Waals surface area contributed by atoms with Crippen LogP contribution in [0.2, 0.25) is 0 Å². The SMILES string of the molecule is NCCn1nnc2cc3c(cc21)OCO3. The van der Waals surface area contributed by atoms with Crippen LogP contribution < -0.4 is 15.2 Å². The Bertz CT molecular complexity index is 508. The van der Waals surface area contributed by atoms with Gasteiger partial charge in [-0.3, -0.25) is 0 Å². The molecule has 0 unspecified atom stereocenters. The molecule has 1 aromatic carbocycles. The molecule has 2 aromatic rings. The molecule has 78 valence electrons. The number of rotatable bonds is 2. The smallest absolute Gasteiger partial charge is 0.231 e. The zero-order valence-electron chi connectivity index (χ0n) is 8.01. The molecular weight excluding hydrogens is 196 g/mol. The van der Waals surface area contributed by atoms with Crippen molar-refractivity contribution >= 4 is 11.0 Å². The summed E-state index contributed by atoms with van der Waals surface area (Å²) in [6.45, 7) is 1.45. The van der Waals surface area contributed by atoms with Crippen LogP contribution in [0.5, 0.6) is 11.5 Å². The van der Waals surface area contributed by atoms with Gasteiger partial charge in [-0.15, -0.1) is 5.10 Å². The Balaban J connectivity index is 2.18. The first-order valence-corrected chi connectivity index (χ1v) is 4.71. The highest BCUT2D eigenvalue weighted by atomic mass is 16.7. The summed E-state index contributed by atoms with van der Waals surface area (Å²) in [5.41, 5.74) is 7.20. The summed E-state index contributed by atoms with van der Waals surface area (Å²) in [6.07, 6.45) is 0. The van der Waals surface area contributed by atoms with Gasteiger partial charge < -0.3 is 15.2 Å². The number of hydrogen-bond donors (Lipinski definition) is 1. The normalized spacial score (nSPS) is 13.7. The van der Waals surface area contributed by atoms with Crippen LogP contribution in [0.25, 0.3) is 11.0 Å². The second-order valence-corrected chi connectivity index (χ2v) is 3.30. The summed E-state index contributed by atoms with van der Waals surface area (Å²) in [5, 5.41) is 8.04. The molecule has 0 amide bonds. The van der Waals surface area contributed by atoms with E-state index in [0.29, 0.717) is 13.1 Å². The third-order valence-electron chi connectivity index (χ3n) is 2.35. The van der Waals surface area contributed by atoms with E-state index < -0.39 is 0 Å². The van der Waals surface area contributed by atoms with Gasteiger partial charge in [0.1, 0.15) is 5.52 Å². The van der Waals surface area contributed by atoms with E-state index in [1.54, 1.807) is 4.68 Å². The van der Waals surface area contributed by atoms with Crippen molar-refractivity contribution in [3.05, 3.63) is 12.1 Å². The molecule has 1 aliphatic heterocycles. The fraction of sp³-hybridized carbons (Fsp3) is 0.333. The number of hydrogen-bond acceptors (Lipinski definition) is 5. The maximum Gasteiger partial charge on any atom is 0.231 e. The van der Waals surface area contributed by atoms with Crippen LogP contribution in [0.4, 0.5) is 0 Å². The van der Waals surface area contributed by atoms with E-state index >= 15 is 0 Å². The lowest BCUT2D eigenvalue weighted by atomic mass is 10.2. The second-order valence-electron chi connectivity index (χ2n) is 3.30. The van der Waals surface area contributed by atoms with Crippen molar-refractivity contribution in [1.29, 1.82) is 0 Å². The molecule has 0 spiro atoms. The van der Waals surface area contributed by atoms with Crippen LogP contribution in [0.1, 0.15) is 0 Å². The molecule has 0 saturated carbocycles. The van der Waals surface area contributed by atoms with E-state index in [2.05, 4.69) is 10.3 Å². The predicted molar refractivity (Wildman–Crippen MR) is 52.7 cm³/mol. The molecule has 6 heteroatoms. The summed E-state index contributed by atoms with van der Waals surface area (Å²) in [5.74, 6) is 1.46. The van der Waals surface area contributed by atoms with Crippen LogP contribution in [-0.2, 0) is 6.54 Å². The van der Waals surface area contributed by atoms with Crippen LogP contribution in [0.15, 0.2) is 12.1 Å². The first-order valence-electron chi connectivity index (χ1n) is 4.71. The van der Waals surface area contributed by atoms with Crippen molar-refractivity contribution in [2.45, 2.75) is 6.54 Å². The Morgan fingerprint density at radius 3 is 2.93 bits per heavy atom. The lowest BCUT2D eigenvalue weighted by molar-refractivity contribution is 0.174. The molecule has 1 aromatic heterocycles. The summed E-state index contributed by atoms with van der Waals surface area (Å²) in [4.78, 5) is 0. The van der Waals surface area contributed by atoms with Crippen molar-refractivity contribution in [3.63, 3.8) is 0 Å². The summed E-state index contributed by atoms with van der Waals surface area (Å²) in [7, 11) is 0. The van der Waals surface area contributed by atoms with Gasteiger partial charge in [-0.2, -0.15) is 0 Å². The van der Waals surface area contributed by atoms with Gasteiger partial charge in [0.25, 0.3) is 0 Å². The van der Waals surface area contributed by atoms with Gasteiger partial charge in [0, 0.05) is 18.7 Å². The number of nitrogens with two attached hydrogens (primary N) is 1. The second kappa shape index (κ2) is 3.09. The van der Waals surface area contributed by atoms with Crippen molar-refractivity contribution in [2.24, 2.45) is 5.73 Å². The third kappa shape index (κ3) is 1.22. The fourth-order valence-electron chi connectivity index (χ4n) is 1.65.